The van der Waals surface area contributed by atoms with Crippen LogP contribution in [0.25, 0.3) is 11.0 Å². The van der Waals surface area contributed by atoms with Crippen molar-refractivity contribution in [3.63, 3.8) is 0 Å². The summed E-state index contributed by atoms with van der Waals surface area (Å²) in [6, 6.07) is 1.77. The number of carbonyl (C=O) groups excluding carboxylic acids is 2. The van der Waals surface area contributed by atoms with Crippen molar-refractivity contribution in [2.24, 2.45) is 5.92 Å². The molecule has 0 radical (unpaired) electrons. The maximum atomic E-state index is 13.3. The molecule has 2 aromatic heterocycles. The molecule has 25 heavy (non-hydrogen) atoms. The topological polar surface area (TPSA) is 78.1 Å². The first kappa shape index (κ1) is 16.3. The molecule has 0 aliphatic carbocycles. The van der Waals surface area contributed by atoms with Crippen molar-refractivity contribution >= 4 is 22.7 Å². The van der Waals surface area contributed by atoms with Gasteiger partial charge in [-0.05, 0) is 44.0 Å². The number of aromatic amines is 1. The smallest absolute Gasteiger partial charge is 0.255 e. The summed E-state index contributed by atoms with van der Waals surface area (Å²) in [7, 11) is 0. The highest BCUT2D eigenvalue weighted by atomic mass is 16.2. The summed E-state index contributed by atoms with van der Waals surface area (Å²) in [4.78, 5) is 36.0. The minimum absolute atomic E-state index is 0.0435. The highest BCUT2D eigenvalue weighted by Crippen LogP contribution is 2.38. The number of hydrogen-bond acceptors (Lipinski definition) is 4. The summed E-state index contributed by atoms with van der Waals surface area (Å²) >= 11 is 0. The third-order valence-electron chi connectivity index (χ3n) is 5.93. The number of aromatic nitrogens is 2. The summed E-state index contributed by atoms with van der Waals surface area (Å²) in [6.45, 7) is 6.01. The van der Waals surface area contributed by atoms with Crippen LogP contribution in [0.1, 0.15) is 49.0 Å². The van der Waals surface area contributed by atoms with Gasteiger partial charge in [-0.25, -0.2) is 4.98 Å². The molecule has 2 N–H and O–H groups in total. The van der Waals surface area contributed by atoms with Crippen LogP contribution in [0.5, 0.6) is 0 Å². The molecule has 2 aliphatic heterocycles. The number of ketones is 1. The van der Waals surface area contributed by atoms with Gasteiger partial charge in [0, 0.05) is 30.2 Å². The molecule has 2 aromatic rings. The molecule has 132 valence electrons. The molecular weight excluding hydrogens is 316 g/mol. The molecule has 6 heteroatoms. The average molecular weight is 340 g/mol. The maximum absolute atomic E-state index is 13.3. The van der Waals surface area contributed by atoms with Crippen LogP contribution in [0.4, 0.5) is 0 Å². The minimum atomic E-state index is -0.706. The Kier molecular flexibility index (Phi) is 3.87. The van der Waals surface area contributed by atoms with Crippen molar-refractivity contribution in [1.82, 2.24) is 20.2 Å². The molecule has 0 bridgehead atoms. The maximum Gasteiger partial charge on any atom is 0.255 e. The van der Waals surface area contributed by atoms with E-state index >= 15 is 0 Å². The largest absolute Gasteiger partial charge is 0.346 e. The van der Waals surface area contributed by atoms with Crippen molar-refractivity contribution < 1.29 is 9.59 Å². The zero-order valence-corrected chi connectivity index (χ0v) is 14.8. The lowest BCUT2D eigenvalue weighted by Gasteiger charge is -2.47. The Morgan fingerprint density at radius 3 is 2.88 bits per heavy atom. The Morgan fingerprint density at radius 2 is 2.16 bits per heavy atom. The summed E-state index contributed by atoms with van der Waals surface area (Å²) in [6.07, 6.45) is 5.73. The molecule has 1 amide bonds. The Bertz CT molecular complexity index is 835. The lowest BCUT2D eigenvalue weighted by atomic mass is 9.76. The van der Waals surface area contributed by atoms with E-state index in [-0.39, 0.29) is 17.6 Å². The summed E-state index contributed by atoms with van der Waals surface area (Å²) < 4.78 is 0. The second-order valence-electron chi connectivity index (χ2n) is 7.24. The van der Waals surface area contributed by atoms with Gasteiger partial charge in [0.05, 0.1) is 5.56 Å². The lowest BCUT2D eigenvalue weighted by molar-refractivity contribution is -0.135. The van der Waals surface area contributed by atoms with E-state index in [0.29, 0.717) is 24.9 Å². The number of carbonyl (C=O) groups is 2. The monoisotopic (exact) mass is 340 g/mol. The van der Waals surface area contributed by atoms with Gasteiger partial charge in [-0.3, -0.25) is 9.59 Å². The highest BCUT2D eigenvalue weighted by molar-refractivity contribution is 6.10. The second-order valence-corrected chi connectivity index (χ2v) is 7.24. The van der Waals surface area contributed by atoms with Crippen molar-refractivity contribution in [1.29, 1.82) is 0 Å². The van der Waals surface area contributed by atoms with E-state index in [9.17, 15) is 9.59 Å². The zero-order chi connectivity index (χ0) is 17.6. The molecule has 4 rings (SSSR count). The fourth-order valence-electron chi connectivity index (χ4n) is 4.29. The number of amides is 1. The van der Waals surface area contributed by atoms with Crippen molar-refractivity contribution in [2.45, 2.75) is 45.2 Å². The molecular formula is C19H24N4O2. The van der Waals surface area contributed by atoms with E-state index in [1.165, 1.54) is 0 Å². The number of piperidine rings is 1. The first-order chi connectivity index (χ1) is 12.1. The number of pyridine rings is 1. The number of nitrogens with zero attached hydrogens (tertiary/aromatic N) is 2. The molecule has 1 saturated heterocycles. The summed E-state index contributed by atoms with van der Waals surface area (Å²) in [5.41, 5.74) is 1.74. The predicted molar refractivity (Wildman–Crippen MR) is 95.3 cm³/mol. The Labute approximate surface area is 147 Å². The average Bonchev–Trinajstić information content (AvgIpc) is 3.08. The molecule has 1 fully saturated rings. The lowest BCUT2D eigenvalue weighted by Crippen LogP contribution is -2.62. The third-order valence-corrected chi connectivity index (χ3v) is 5.93. The van der Waals surface area contributed by atoms with E-state index in [1.807, 2.05) is 24.9 Å². The number of hydrogen-bond donors (Lipinski definition) is 2. The number of nitrogens with one attached hydrogen (secondary N) is 2. The quantitative estimate of drug-likeness (QED) is 0.895. The van der Waals surface area contributed by atoms with E-state index in [4.69, 9.17) is 0 Å². The summed E-state index contributed by atoms with van der Waals surface area (Å²) in [5, 5.41) is 4.24. The van der Waals surface area contributed by atoms with Gasteiger partial charge in [0.2, 0.25) is 0 Å². The van der Waals surface area contributed by atoms with Crippen LogP contribution in [0.15, 0.2) is 18.5 Å². The fourth-order valence-corrected chi connectivity index (χ4v) is 4.29. The van der Waals surface area contributed by atoms with Gasteiger partial charge in [-0.2, -0.15) is 0 Å². The van der Waals surface area contributed by atoms with Gasteiger partial charge in [0.1, 0.15) is 11.2 Å². The number of H-pyrrole nitrogens is 1. The highest BCUT2D eigenvalue weighted by Gasteiger charge is 2.49. The van der Waals surface area contributed by atoms with Crippen molar-refractivity contribution in [3.8, 4) is 0 Å². The molecule has 0 spiro atoms. The van der Waals surface area contributed by atoms with Gasteiger partial charge in [0.25, 0.3) is 5.91 Å². The number of rotatable bonds is 4. The van der Waals surface area contributed by atoms with Crippen molar-refractivity contribution in [2.75, 3.05) is 13.1 Å². The van der Waals surface area contributed by atoms with Crippen LogP contribution < -0.4 is 5.32 Å². The van der Waals surface area contributed by atoms with Crippen LogP contribution in [0.2, 0.25) is 0 Å². The fraction of sp³-hybridized carbons (Fsp3) is 0.526. The van der Waals surface area contributed by atoms with Gasteiger partial charge >= 0.3 is 0 Å². The third kappa shape index (κ3) is 2.31. The Hall–Kier alpha value is -2.21. The van der Waals surface area contributed by atoms with Crippen LogP contribution in [0.3, 0.4) is 0 Å². The van der Waals surface area contributed by atoms with E-state index in [0.717, 1.165) is 36.1 Å². The standard InChI is InChI=1S/C19H24N4O2/c1-3-12(2)16(24)19(5-8-20-9-6-19)23-11-13-10-22-17-15(13)14(18(23)25)4-7-21-17/h4,7,10,12,20H,3,5-6,8-9,11H2,1-2H3,(H,21,22). The predicted octanol–water partition coefficient (Wildman–Crippen LogP) is 2.26. The normalized spacial score (nSPS) is 20.7. The van der Waals surface area contributed by atoms with Gasteiger partial charge < -0.3 is 15.2 Å². The molecule has 6 nitrogen and oxygen atoms in total. The van der Waals surface area contributed by atoms with Crippen LogP contribution in [0, 0.1) is 5.92 Å². The molecule has 0 aromatic carbocycles. The van der Waals surface area contributed by atoms with Crippen LogP contribution in [-0.2, 0) is 11.3 Å². The minimum Gasteiger partial charge on any atom is -0.346 e. The first-order valence-corrected chi connectivity index (χ1v) is 9.10. The second kappa shape index (κ2) is 5.95. The molecule has 1 atom stereocenters. The van der Waals surface area contributed by atoms with Gasteiger partial charge in [-0.1, -0.05) is 13.8 Å². The van der Waals surface area contributed by atoms with Crippen LogP contribution in [-0.4, -0.2) is 45.2 Å². The van der Waals surface area contributed by atoms with Crippen molar-refractivity contribution in [3.05, 3.63) is 29.6 Å². The number of Topliss-reactive ketones (excluding diaryl/α,β-unsaturated/α-hetero) is 1. The molecule has 1 unspecified atom stereocenters. The Morgan fingerprint density at radius 1 is 1.40 bits per heavy atom. The molecule has 4 heterocycles. The van der Waals surface area contributed by atoms with E-state index < -0.39 is 5.54 Å². The molecule has 0 saturated carbocycles. The first-order valence-electron chi connectivity index (χ1n) is 9.10. The van der Waals surface area contributed by atoms with Gasteiger partial charge in [-0.15, -0.1) is 0 Å². The van der Waals surface area contributed by atoms with Gasteiger partial charge in [0.15, 0.2) is 5.78 Å². The van der Waals surface area contributed by atoms with E-state index in [2.05, 4.69) is 15.3 Å². The SMILES string of the molecule is CCC(C)C(=O)C1(N2Cc3c[nH]c4nccc(c34)C2=O)CCNCC1. The Balaban J connectivity index is 1.81. The van der Waals surface area contributed by atoms with Crippen LogP contribution >= 0.6 is 0 Å². The zero-order valence-electron chi connectivity index (χ0n) is 14.8. The molecule has 2 aliphatic rings. The van der Waals surface area contributed by atoms with E-state index in [1.54, 1.807) is 12.3 Å². The summed E-state index contributed by atoms with van der Waals surface area (Å²) in [5.74, 6) is 0.114.